The molecule has 0 bridgehead atoms. The third-order valence-electron chi connectivity index (χ3n) is 5.92. The summed E-state index contributed by atoms with van der Waals surface area (Å²) in [6, 6.07) is 22.7. The number of nitrogens with one attached hydrogen (secondary N) is 1. The second-order valence-corrected chi connectivity index (χ2v) is 11.2. The van der Waals surface area contributed by atoms with Crippen molar-refractivity contribution in [2.75, 3.05) is 17.5 Å². The van der Waals surface area contributed by atoms with Crippen molar-refractivity contribution in [1.82, 2.24) is 5.32 Å². The van der Waals surface area contributed by atoms with Crippen LogP contribution >= 0.6 is 0 Å². The van der Waals surface area contributed by atoms with E-state index in [0.717, 1.165) is 11.1 Å². The number of benzene rings is 3. The number of hydrogen-bond acceptors (Lipinski definition) is 4. The Labute approximate surface area is 201 Å². The number of nitrogens with zero attached hydrogens (tertiary/aromatic N) is 1. The molecule has 7 heteroatoms. The Morgan fingerprint density at radius 3 is 2.29 bits per heavy atom. The van der Waals surface area contributed by atoms with Crippen LogP contribution in [0.2, 0.25) is 0 Å². The summed E-state index contributed by atoms with van der Waals surface area (Å²) in [5.74, 6) is 0.371. The monoisotopic (exact) mass is 478 g/mol. The van der Waals surface area contributed by atoms with Gasteiger partial charge in [-0.3, -0.25) is 9.10 Å². The number of carbonyl (C=O) groups excluding carboxylic acids is 1. The predicted octanol–water partition coefficient (Wildman–Crippen LogP) is 4.30. The second kappa shape index (κ2) is 9.50. The van der Waals surface area contributed by atoms with Gasteiger partial charge >= 0.3 is 0 Å². The van der Waals surface area contributed by atoms with Crippen LogP contribution in [0.4, 0.5) is 5.69 Å². The molecule has 0 saturated carbocycles. The molecular formula is C27H30N2O4S. The van der Waals surface area contributed by atoms with Crippen LogP contribution in [0.25, 0.3) is 0 Å². The van der Waals surface area contributed by atoms with Crippen LogP contribution in [0.1, 0.15) is 31.9 Å². The molecule has 1 N–H and O–H groups in total. The standard InChI is InChI=1S/C27H30N2O4S/c1-27(2,3)21-13-15-23(16-14-21)34(31,32)29-24-12-8-7-9-20(24)19-25(29)26(30)28-17-18-33-22-10-5-4-6-11-22/h4-16,25H,17-19H2,1-3H3,(H,28,30)/t25-/m0/s1. The van der Waals surface area contributed by atoms with Gasteiger partial charge < -0.3 is 10.1 Å². The summed E-state index contributed by atoms with van der Waals surface area (Å²) in [6.07, 6.45) is 0.320. The van der Waals surface area contributed by atoms with Crippen molar-refractivity contribution < 1.29 is 17.9 Å². The van der Waals surface area contributed by atoms with Gasteiger partial charge in [-0.15, -0.1) is 0 Å². The Balaban J connectivity index is 1.53. The number of fused-ring (bicyclic) bond motifs is 1. The fourth-order valence-electron chi connectivity index (χ4n) is 4.07. The quantitative estimate of drug-likeness (QED) is 0.514. The van der Waals surface area contributed by atoms with Crippen molar-refractivity contribution in [3.8, 4) is 5.75 Å². The van der Waals surface area contributed by atoms with Gasteiger partial charge in [0.05, 0.1) is 17.1 Å². The number of ether oxygens (including phenoxy) is 1. The molecule has 178 valence electrons. The van der Waals surface area contributed by atoms with Gasteiger partial charge in [0.25, 0.3) is 10.0 Å². The van der Waals surface area contributed by atoms with Gasteiger partial charge in [-0.1, -0.05) is 69.3 Å². The number of carbonyl (C=O) groups is 1. The van der Waals surface area contributed by atoms with Crippen molar-refractivity contribution >= 4 is 21.6 Å². The zero-order chi connectivity index (χ0) is 24.3. The number of rotatable bonds is 7. The van der Waals surface area contributed by atoms with E-state index in [1.165, 1.54) is 4.31 Å². The molecule has 1 aliphatic heterocycles. The van der Waals surface area contributed by atoms with Crippen molar-refractivity contribution in [2.45, 2.75) is 43.5 Å². The zero-order valence-electron chi connectivity index (χ0n) is 19.7. The highest BCUT2D eigenvalue weighted by molar-refractivity contribution is 7.93. The Morgan fingerprint density at radius 1 is 0.971 bits per heavy atom. The zero-order valence-corrected chi connectivity index (χ0v) is 20.5. The first-order chi connectivity index (χ1) is 16.2. The number of hydrogen-bond donors (Lipinski definition) is 1. The molecule has 1 atom stereocenters. The summed E-state index contributed by atoms with van der Waals surface area (Å²) in [7, 11) is -3.94. The number of amides is 1. The average molecular weight is 479 g/mol. The molecule has 34 heavy (non-hydrogen) atoms. The van der Waals surface area contributed by atoms with E-state index < -0.39 is 16.1 Å². The topological polar surface area (TPSA) is 75.7 Å². The van der Waals surface area contributed by atoms with Gasteiger partial charge in [0.2, 0.25) is 5.91 Å². The lowest BCUT2D eigenvalue weighted by atomic mass is 9.87. The Kier molecular flexibility index (Phi) is 6.66. The predicted molar refractivity (Wildman–Crippen MR) is 134 cm³/mol. The number of para-hydroxylation sites is 2. The molecule has 6 nitrogen and oxygen atoms in total. The number of sulfonamides is 1. The smallest absolute Gasteiger partial charge is 0.265 e. The lowest BCUT2D eigenvalue weighted by Gasteiger charge is -2.27. The van der Waals surface area contributed by atoms with Crippen LogP contribution < -0.4 is 14.4 Å². The van der Waals surface area contributed by atoms with Gasteiger partial charge in [-0.05, 0) is 46.9 Å². The fraction of sp³-hybridized carbons (Fsp3) is 0.296. The van der Waals surface area contributed by atoms with Gasteiger partial charge in [0.15, 0.2) is 0 Å². The molecule has 1 aliphatic rings. The first-order valence-electron chi connectivity index (χ1n) is 11.4. The van der Waals surface area contributed by atoms with Crippen molar-refractivity contribution in [3.05, 3.63) is 90.0 Å². The van der Waals surface area contributed by atoms with Gasteiger partial charge in [0, 0.05) is 6.42 Å². The second-order valence-electron chi connectivity index (χ2n) is 9.38. The van der Waals surface area contributed by atoms with Crippen LogP contribution in [0.3, 0.4) is 0 Å². The summed E-state index contributed by atoms with van der Waals surface area (Å²) >= 11 is 0. The van der Waals surface area contributed by atoms with Gasteiger partial charge in [0.1, 0.15) is 18.4 Å². The molecule has 0 radical (unpaired) electrons. The Morgan fingerprint density at radius 2 is 1.62 bits per heavy atom. The van der Waals surface area contributed by atoms with E-state index in [9.17, 15) is 13.2 Å². The van der Waals surface area contributed by atoms with Crippen LogP contribution in [-0.2, 0) is 26.7 Å². The lowest BCUT2D eigenvalue weighted by molar-refractivity contribution is -0.122. The SMILES string of the molecule is CC(C)(C)c1ccc(S(=O)(=O)N2c3ccccc3C[C@H]2C(=O)NCCOc2ccccc2)cc1. The number of anilines is 1. The van der Waals surface area contributed by atoms with Crippen LogP contribution in [0.5, 0.6) is 5.75 Å². The van der Waals surface area contributed by atoms with E-state index in [1.54, 1.807) is 24.3 Å². The maximum absolute atomic E-state index is 13.7. The van der Waals surface area contributed by atoms with E-state index in [-0.39, 0.29) is 29.4 Å². The third kappa shape index (κ3) is 4.94. The average Bonchev–Trinajstić information content (AvgIpc) is 3.22. The maximum atomic E-state index is 13.7. The molecule has 3 aromatic rings. The highest BCUT2D eigenvalue weighted by Gasteiger charge is 2.42. The fourth-order valence-corrected chi connectivity index (χ4v) is 5.72. The van der Waals surface area contributed by atoms with E-state index in [0.29, 0.717) is 17.9 Å². The minimum absolute atomic E-state index is 0.0905. The largest absolute Gasteiger partial charge is 0.492 e. The summed E-state index contributed by atoms with van der Waals surface area (Å²) in [5, 5.41) is 2.84. The van der Waals surface area contributed by atoms with Gasteiger partial charge in [-0.25, -0.2) is 8.42 Å². The Hall–Kier alpha value is -3.32. The lowest BCUT2D eigenvalue weighted by Crippen LogP contribution is -2.48. The van der Waals surface area contributed by atoms with Crippen LogP contribution in [-0.4, -0.2) is 33.5 Å². The highest BCUT2D eigenvalue weighted by atomic mass is 32.2. The van der Waals surface area contributed by atoms with Crippen molar-refractivity contribution in [3.63, 3.8) is 0 Å². The van der Waals surface area contributed by atoms with Crippen LogP contribution in [0, 0.1) is 0 Å². The van der Waals surface area contributed by atoms with Crippen molar-refractivity contribution in [1.29, 1.82) is 0 Å². The first kappa shape index (κ1) is 23.8. The molecule has 0 fully saturated rings. The van der Waals surface area contributed by atoms with E-state index in [2.05, 4.69) is 26.1 Å². The molecule has 1 heterocycles. The van der Waals surface area contributed by atoms with Crippen molar-refractivity contribution in [2.24, 2.45) is 0 Å². The minimum Gasteiger partial charge on any atom is -0.492 e. The van der Waals surface area contributed by atoms with E-state index in [4.69, 9.17) is 4.74 Å². The van der Waals surface area contributed by atoms with E-state index in [1.807, 2.05) is 54.6 Å². The third-order valence-corrected chi connectivity index (χ3v) is 7.76. The Bertz CT molecular complexity index is 1250. The molecular weight excluding hydrogens is 448 g/mol. The summed E-state index contributed by atoms with van der Waals surface area (Å²) in [5.41, 5.74) is 2.33. The van der Waals surface area contributed by atoms with Crippen LogP contribution in [0.15, 0.2) is 83.8 Å². The van der Waals surface area contributed by atoms with E-state index >= 15 is 0 Å². The first-order valence-corrected chi connectivity index (χ1v) is 12.8. The molecule has 0 saturated heterocycles. The molecule has 0 spiro atoms. The molecule has 1 amide bonds. The summed E-state index contributed by atoms with van der Waals surface area (Å²) in [4.78, 5) is 13.3. The molecule has 0 aliphatic carbocycles. The normalized spacial score (nSPS) is 15.6. The molecule has 0 aromatic heterocycles. The summed E-state index contributed by atoms with van der Waals surface area (Å²) < 4.78 is 34.3. The molecule has 3 aromatic carbocycles. The minimum atomic E-state index is -3.94. The summed E-state index contributed by atoms with van der Waals surface area (Å²) in [6.45, 7) is 6.80. The van der Waals surface area contributed by atoms with Gasteiger partial charge in [-0.2, -0.15) is 0 Å². The highest BCUT2D eigenvalue weighted by Crippen LogP contribution is 2.37. The molecule has 0 unspecified atom stereocenters. The molecule has 4 rings (SSSR count). The maximum Gasteiger partial charge on any atom is 0.265 e.